The Morgan fingerprint density at radius 3 is 2.39 bits per heavy atom. The fourth-order valence-corrected chi connectivity index (χ4v) is 6.81. The SMILES string of the molecule is C=C1[C@H](O)CC(=C/C=C2\CCC[C@@]3(C)C2CCC3[C@@H](C)[C@H](C)CCC(C)(C)O)C[C@H]1O. The van der Waals surface area contributed by atoms with Gasteiger partial charge in [0.05, 0.1) is 17.8 Å². The molecule has 0 aromatic heterocycles. The van der Waals surface area contributed by atoms with E-state index in [0.717, 1.165) is 24.3 Å². The van der Waals surface area contributed by atoms with Gasteiger partial charge in [0.15, 0.2) is 0 Å². The number of rotatable bonds is 6. The lowest BCUT2D eigenvalue weighted by molar-refractivity contribution is 0.0447. The molecule has 3 fully saturated rings. The maximum atomic E-state index is 10.2. The highest BCUT2D eigenvalue weighted by Crippen LogP contribution is 2.60. The third kappa shape index (κ3) is 5.54. The summed E-state index contributed by atoms with van der Waals surface area (Å²) >= 11 is 0. The summed E-state index contributed by atoms with van der Waals surface area (Å²) in [5.41, 5.74) is 3.06. The van der Waals surface area contributed by atoms with Crippen LogP contribution in [0.25, 0.3) is 0 Å². The zero-order valence-electron chi connectivity index (χ0n) is 20.5. The maximum absolute atomic E-state index is 10.2. The van der Waals surface area contributed by atoms with Crippen LogP contribution in [0.3, 0.4) is 0 Å². The van der Waals surface area contributed by atoms with Gasteiger partial charge in [-0.2, -0.15) is 0 Å². The normalized spacial score (nSPS) is 37.6. The molecule has 0 saturated heterocycles. The van der Waals surface area contributed by atoms with Crippen LogP contribution in [0.4, 0.5) is 0 Å². The van der Waals surface area contributed by atoms with Gasteiger partial charge in [0, 0.05) is 0 Å². The molecule has 0 aliphatic heterocycles. The van der Waals surface area contributed by atoms with Crippen molar-refractivity contribution >= 4 is 0 Å². The van der Waals surface area contributed by atoms with E-state index >= 15 is 0 Å². The summed E-state index contributed by atoms with van der Waals surface area (Å²) < 4.78 is 0. The Bertz CT molecular complexity index is 696. The van der Waals surface area contributed by atoms with Crippen LogP contribution in [0.1, 0.15) is 92.4 Å². The van der Waals surface area contributed by atoms with Gasteiger partial charge in [0.2, 0.25) is 0 Å². The predicted molar refractivity (Wildman–Crippen MR) is 129 cm³/mol. The van der Waals surface area contributed by atoms with E-state index in [1.54, 1.807) is 5.57 Å². The van der Waals surface area contributed by atoms with Crippen LogP contribution in [-0.4, -0.2) is 33.1 Å². The molecule has 3 N–H and O–H groups in total. The first-order valence-electron chi connectivity index (χ1n) is 12.6. The fraction of sp³-hybridized carbons (Fsp3) is 0.786. The Morgan fingerprint density at radius 1 is 1.13 bits per heavy atom. The van der Waals surface area contributed by atoms with Crippen LogP contribution in [-0.2, 0) is 0 Å². The first kappa shape index (κ1) is 24.7. The Balaban J connectivity index is 1.71. The lowest BCUT2D eigenvalue weighted by atomic mass is 9.59. The Labute approximate surface area is 190 Å². The minimum atomic E-state index is -0.618. The van der Waals surface area contributed by atoms with Gasteiger partial charge in [-0.25, -0.2) is 0 Å². The Kier molecular flexibility index (Phi) is 7.61. The topological polar surface area (TPSA) is 60.7 Å². The van der Waals surface area contributed by atoms with E-state index in [-0.39, 0.29) is 0 Å². The molecule has 0 heterocycles. The molecule has 0 aromatic rings. The van der Waals surface area contributed by atoms with Crippen LogP contribution in [0, 0.1) is 29.1 Å². The van der Waals surface area contributed by atoms with Gasteiger partial charge in [-0.05, 0) is 106 Å². The van der Waals surface area contributed by atoms with E-state index in [1.807, 2.05) is 13.8 Å². The van der Waals surface area contributed by atoms with Crippen LogP contribution < -0.4 is 0 Å². The van der Waals surface area contributed by atoms with Crippen molar-refractivity contribution < 1.29 is 15.3 Å². The molecule has 0 spiro atoms. The number of aliphatic hydroxyl groups is 3. The van der Waals surface area contributed by atoms with E-state index < -0.39 is 17.8 Å². The molecule has 3 nitrogen and oxygen atoms in total. The van der Waals surface area contributed by atoms with Gasteiger partial charge in [-0.3, -0.25) is 0 Å². The summed E-state index contributed by atoms with van der Waals surface area (Å²) in [6.07, 6.45) is 12.8. The van der Waals surface area contributed by atoms with Crippen LogP contribution in [0.5, 0.6) is 0 Å². The standard InChI is InChI=1S/C28H46O3/c1-18(13-15-27(4,5)31)19(2)23-11-12-24-22(8-7-14-28(23,24)6)10-9-21-16-25(29)20(3)26(30)17-21/h9-10,18-19,23-26,29-31H,3,7-8,11-17H2,1-2,4-6H3/b22-10+/t18-,19+,23?,24?,25-,26-,28-/m1/s1. The molecule has 3 aliphatic carbocycles. The maximum Gasteiger partial charge on any atom is 0.0809 e. The van der Waals surface area contributed by atoms with Gasteiger partial charge in [-0.15, -0.1) is 0 Å². The van der Waals surface area contributed by atoms with Crippen molar-refractivity contribution in [1.29, 1.82) is 0 Å². The molecule has 0 amide bonds. The van der Waals surface area contributed by atoms with Gasteiger partial charge < -0.3 is 15.3 Å². The number of aliphatic hydroxyl groups excluding tert-OH is 2. The summed E-state index contributed by atoms with van der Waals surface area (Å²) in [5, 5.41) is 30.5. The highest BCUT2D eigenvalue weighted by Gasteiger charge is 2.51. The average Bonchev–Trinajstić information content (AvgIpc) is 3.04. The highest BCUT2D eigenvalue weighted by atomic mass is 16.3. The fourth-order valence-electron chi connectivity index (χ4n) is 6.81. The molecule has 0 radical (unpaired) electrons. The van der Waals surface area contributed by atoms with Gasteiger partial charge in [0.25, 0.3) is 0 Å². The van der Waals surface area contributed by atoms with Crippen molar-refractivity contribution in [2.75, 3.05) is 0 Å². The first-order chi connectivity index (χ1) is 14.4. The van der Waals surface area contributed by atoms with E-state index in [2.05, 4.69) is 39.5 Å². The van der Waals surface area contributed by atoms with Crippen LogP contribution in [0.15, 0.2) is 35.5 Å². The molecule has 3 saturated carbocycles. The van der Waals surface area contributed by atoms with Crippen molar-refractivity contribution in [1.82, 2.24) is 0 Å². The lowest BCUT2D eigenvalue weighted by Gasteiger charge is -2.45. The highest BCUT2D eigenvalue weighted by molar-refractivity contribution is 5.29. The van der Waals surface area contributed by atoms with Crippen molar-refractivity contribution in [3.05, 3.63) is 35.5 Å². The zero-order valence-corrected chi connectivity index (χ0v) is 20.5. The van der Waals surface area contributed by atoms with Crippen molar-refractivity contribution in [2.24, 2.45) is 29.1 Å². The second-order valence-electron chi connectivity index (χ2n) is 11.9. The second-order valence-corrected chi connectivity index (χ2v) is 11.9. The quantitative estimate of drug-likeness (QED) is 0.456. The summed E-state index contributed by atoms with van der Waals surface area (Å²) in [7, 11) is 0. The Morgan fingerprint density at radius 2 is 1.77 bits per heavy atom. The minimum absolute atomic E-state index is 0.366. The van der Waals surface area contributed by atoms with Crippen molar-refractivity contribution in [3.63, 3.8) is 0 Å². The molecule has 3 aliphatic rings. The molecule has 2 unspecified atom stereocenters. The van der Waals surface area contributed by atoms with Crippen molar-refractivity contribution in [2.45, 2.75) is 110 Å². The summed E-state index contributed by atoms with van der Waals surface area (Å²) in [6.45, 7) is 15.0. The lowest BCUT2D eigenvalue weighted by Crippen LogP contribution is -2.37. The molecular formula is C28H46O3. The molecule has 3 heteroatoms. The number of hydrogen-bond acceptors (Lipinski definition) is 3. The number of hydrogen-bond donors (Lipinski definition) is 3. The van der Waals surface area contributed by atoms with E-state index in [1.165, 1.54) is 32.1 Å². The summed E-state index contributed by atoms with van der Waals surface area (Å²) in [5.74, 6) is 2.69. The summed E-state index contributed by atoms with van der Waals surface area (Å²) in [4.78, 5) is 0. The first-order valence-corrected chi connectivity index (χ1v) is 12.6. The number of fused-ring (bicyclic) bond motifs is 1. The van der Waals surface area contributed by atoms with Gasteiger partial charge in [-0.1, -0.05) is 50.6 Å². The monoisotopic (exact) mass is 430 g/mol. The van der Waals surface area contributed by atoms with E-state index in [4.69, 9.17) is 0 Å². The average molecular weight is 431 g/mol. The zero-order chi connectivity index (χ0) is 23.0. The molecule has 176 valence electrons. The van der Waals surface area contributed by atoms with Gasteiger partial charge in [0.1, 0.15) is 0 Å². The third-order valence-electron chi connectivity index (χ3n) is 9.08. The molecule has 0 bridgehead atoms. The summed E-state index contributed by atoms with van der Waals surface area (Å²) in [6, 6.07) is 0. The van der Waals surface area contributed by atoms with Crippen molar-refractivity contribution in [3.8, 4) is 0 Å². The van der Waals surface area contributed by atoms with Gasteiger partial charge >= 0.3 is 0 Å². The Hall–Kier alpha value is -0.900. The minimum Gasteiger partial charge on any atom is -0.390 e. The molecular weight excluding hydrogens is 384 g/mol. The predicted octanol–water partition coefficient (Wildman–Crippen LogP) is 5.95. The molecule has 31 heavy (non-hydrogen) atoms. The molecule has 0 aromatic carbocycles. The van der Waals surface area contributed by atoms with Crippen LogP contribution in [0.2, 0.25) is 0 Å². The molecule has 7 atom stereocenters. The van der Waals surface area contributed by atoms with E-state index in [0.29, 0.717) is 41.6 Å². The smallest absolute Gasteiger partial charge is 0.0809 e. The largest absolute Gasteiger partial charge is 0.390 e. The molecule has 3 rings (SSSR count). The third-order valence-corrected chi connectivity index (χ3v) is 9.08. The van der Waals surface area contributed by atoms with E-state index in [9.17, 15) is 15.3 Å². The second kappa shape index (κ2) is 9.53. The van der Waals surface area contributed by atoms with Crippen LogP contribution >= 0.6 is 0 Å². The number of allylic oxidation sites excluding steroid dienone is 3.